The van der Waals surface area contributed by atoms with Gasteiger partial charge in [-0.2, -0.15) is 0 Å². The molecule has 2 rings (SSSR count). The lowest BCUT2D eigenvalue weighted by Gasteiger charge is -2.34. The Morgan fingerprint density at radius 3 is 2.25 bits per heavy atom. The number of amides is 1. The first-order valence-electron chi connectivity index (χ1n) is 8.35. The van der Waals surface area contributed by atoms with Crippen LogP contribution < -0.4 is 0 Å². The van der Waals surface area contributed by atoms with Crippen LogP contribution in [0, 0.1) is 25.7 Å². The van der Waals surface area contributed by atoms with Gasteiger partial charge < -0.3 is 14.6 Å². The molecule has 0 radical (unpaired) electrons. The molecule has 1 aliphatic rings. The van der Waals surface area contributed by atoms with Crippen molar-refractivity contribution in [3.05, 3.63) is 22.5 Å². The number of nitrogens with one attached hydrogen (secondary N) is 1. The molecule has 6 nitrogen and oxygen atoms in total. The minimum absolute atomic E-state index is 0.104. The van der Waals surface area contributed by atoms with Crippen molar-refractivity contribution in [2.45, 2.75) is 41.0 Å². The second-order valence-electron chi connectivity index (χ2n) is 7.00. The normalized spacial score (nSPS) is 20.8. The lowest BCUT2D eigenvalue weighted by atomic mass is 9.92. The van der Waals surface area contributed by atoms with Crippen LogP contribution in [0.1, 0.15) is 59.3 Å². The van der Waals surface area contributed by atoms with E-state index in [1.165, 1.54) is 6.92 Å². The maximum absolute atomic E-state index is 12.3. The Balaban J connectivity index is 1.99. The highest BCUT2D eigenvalue weighted by molar-refractivity contribution is 6.01. The van der Waals surface area contributed by atoms with Gasteiger partial charge in [0.25, 0.3) is 5.91 Å². The van der Waals surface area contributed by atoms with E-state index in [1.54, 1.807) is 18.7 Å². The molecular weight excluding hydrogens is 308 g/mol. The number of esters is 1. The predicted octanol–water partition coefficient (Wildman–Crippen LogP) is 2.50. The van der Waals surface area contributed by atoms with Crippen LogP contribution in [-0.4, -0.2) is 47.2 Å². The van der Waals surface area contributed by atoms with Crippen molar-refractivity contribution < 1.29 is 19.1 Å². The first kappa shape index (κ1) is 18.2. The minimum atomic E-state index is -0.602. The zero-order chi connectivity index (χ0) is 18.0. The molecule has 0 aromatic carbocycles. The second-order valence-corrected chi connectivity index (χ2v) is 7.00. The summed E-state index contributed by atoms with van der Waals surface area (Å²) < 4.78 is 5.17. The van der Waals surface area contributed by atoms with E-state index in [2.05, 4.69) is 18.8 Å². The zero-order valence-corrected chi connectivity index (χ0v) is 15.1. The topological polar surface area (TPSA) is 79.5 Å². The molecule has 0 aliphatic carbocycles. The minimum Gasteiger partial charge on any atom is -0.451 e. The quantitative estimate of drug-likeness (QED) is 0.678. The number of hydrogen-bond donors (Lipinski definition) is 1. The number of H-pyrrole nitrogens is 1. The highest BCUT2D eigenvalue weighted by Crippen LogP contribution is 2.22. The smallest absolute Gasteiger partial charge is 0.355 e. The van der Waals surface area contributed by atoms with Gasteiger partial charge in [0, 0.05) is 24.3 Å². The van der Waals surface area contributed by atoms with Crippen molar-refractivity contribution in [1.29, 1.82) is 0 Å². The summed E-state index contributed by atoms with van der Waals surface area (Å²) in [7, 11) is 0. The average molecular weight is 334 g/mol. The van der Waals surface area contributed by atoms with Crippen LogP contribution in [0.15, 0.2) is 0 Å². The molecule has 0 saturated carbocycles. The number of hydrogen-bond acceptors (Lipinski definition) is 4. The monoisotopic (exact) mass is 334 g/mol. The second kappa shape index (κ2) is 7.20. The molecule has 6 heteroatoms. The van der Waals surface area contributed by atoms with E-state index in [4.69, 9.17) is 4.74 Å². The van der Waals surface area contributed by atoms with Crippen LogP contribution in [-0.2, 0) is 9.53 Å². The van der Waals surface area contributed by atoms with Crippen molar-refractivity contribution in [2.75, 3.05) is 19.7 Å². The SMILES string of the molecule is CC(=O)c1c(C)[nH]c(C(=O)OCC(=O)N2C[C@H](C)C[C@@H](C)C2)c1C. The molecule has 1 saturated heterocycles. The number of Topliss-reactive ketones (excluding diaryl/α,β-unsaturated/α-hetero) is 1. The average Bonchev–Trinajstić information content (AvgIpc) is 2.78. The summed E-state index contributed by atoms with van der Waals surface area (Å²) in [6.07, 6.45) is 1.11. The van der Waals surface area contributed by atoms with Crippen molar-refractivity contribution in [1.82, 2.24) is 9.88 Å². The van der Waals surface area contributed by atoms with E-state index in [0.717, 1.165) is 6.42 Å². The van der Waals surface area contributed by atoms with Crippen molar-refractivity contribution in [3.8, 4) is 0 Å². The highest BCUT2D eigenvalue weighted by Gasteiger charge is 2.27. The van der Waals surface area contributed by atoms with Gasteiger partial charge in [0.1, 0.15) is 5.69 Å². The molecule has 132 valence electrons. The Hall–Kier alpha value is -2.11. The molecule has 1 aliphatic heterocycles. The zero-order valence-electron chi connectivity index (χ0n) is 15.1. The molecule has 2 atom stereocenters. The van der Waals surface area contributed by atoms with Gasteiger partial charge in [-0.25, -0.2) is 4.79 Å². The number of ketones is 1. The van der Waals surface area contributed by atoms with Crippen molar-refractivity contribution in [3.63, 3.8) is 0 Å². The summed E-state index contributed by atoms with van der Waals surface area (Å²) in [5, 5.41) is 0. The number of rotatable bonds is 4. The molecule has 1 N–H and O–H groups in total. The van der Waals surface area contributed by atoms with Gasteiger partial charge in [0.05, 0.1) is 0 Å². The Labute approximate surface area is 142 Å². The molecule has 1 amide bonds. The van der Waals surface area contributed by atoms with E-state index in [-0.39, 0.29) is 24.0 Å². The van der Waals surface area contributed by atoms with E-state index in [9.17, 15) is 14.4 Å². The van der Waals surface area contributed by atoms with Gasteiger partial charge >= 0.3 is 5.97 Å². The third-order valence-corrected chi connectivity index (χ3v) is 4.54. The van der Waals surface area contributed by atoms with E-state index < -0.39 is 5.97 Å². The maximum Gasteiger partial charge on any atom is 0.355 e. The highest BCUT2D eigenvalue weighted by atomic mass is 16.5. The number of carbonyl (C=O) groups is 3. The summed E-state index contributed by atoms with van der Waals surface area (Å²) in [5.41, 5.74) is 1.95. The third-order valence-electron chi connectivity index (χ3n) is 4.54. The van der Waals surface area contributed by atoms with Crippen LogP contribution in [0.25, 0.3) is 0 Å². The molecule has 1 fully saturated rings. The van der Waals surface area contributed by atoms with Gasteiger partial charge in [-0.3, -0.25) is 9.59 Å². The summed E-state index contributed by atoms with van der Waals surface area (Å²) in [4.78, 5) is 40.8. The van der Waals surface area contributed by atoms with Crippen LogP contribution in [0.5, 0.6) is 0 Å². The summed E-state index contributed by atoms with van der Waals surface area (Å²) in [6, 6.07) is 0. The molecule has 2 heterocycles. The van der Waals surface area contributed by atoms with Crippen LogP contribution in [0.3, 0.4) is 0 Å². The van der Waals surface area contributed by atoms with Gasteiger partial charge in [-0.05, 0) is 44.6 Å². The fourth-order valence-electron chi connectivity index (χ4n) is 3.64. The van der Waals surface area contributed by atoms with Crippen molar-refractivity contribution >= 4 is 17.7 Å². The molecule has 0 unspecified atom stereocenters. The Morgan fingerprint density at radius 2 is 1.75 bits per heavy atom. The fraction of sp³-hybridized carbons (Fsp3) is 0.611. The number of aromatic nitrogens is 1. The summed E-state index contributed by atoms with van der Waals surface area (Å²) in [5.74, 6) is 0.0383. The number of nitrogens with zero attached hydrogens (tertiary/aromatic N) is 1. The molecule has 24 heavy (non-hydrogen) atoms. The third kappa shape index (κ3) is 3.86. The van der Waals surface area contributed by atoms with Gasteiger partial charge in [-0.1, -0.05) is 13.8 Å². The van der Waals surface area contributed by atoms with Gasteiger partial charge in [0.2, 0.25) is 0 Å². The first-order valence-corrected chi connectivity index (χ1v) is 8.35. The predicted molar refractivity (Wildman–Crippen MR) is 90.1 cm³/mol. The summed E-state index contributed by atoms with van der Waals surface area (Å²) >= 11 is 0. The molecule has 1 aromatic rings. The molecule has 1 aromatic heterocycles. The Bertz CT molecular complexity index is 652. The number of carbonyl (C=O) groups excluding carboxylic acids is 3. The van der Waals surface area contributed by atoms with Gasteiger partial charge in [-0.15, -0.1) is 0 Å². The lowest BCUT2D eigenvalue weighted by molar-refractivity contribution is -0.137. The van der Waals surface area contributed by atoms with Crippen LogP contribution in [0.2, 0.25) is 0 Å². The lowest BCUT2D eigenvalue weighted by Crippen LogP contribution is -2.44. The van der Waals surface area contributed by atoms with E-state index >= 15 is 0 Å². The maximum atomic E-state index is 12.3. The van der Waals surface area contributed by atoms with Crippen molar-refractivity contribution in [2.24, 2.45) is 11.8 Å². The fourth-order valence-corrected chi connectivity index (χ4v) is 3.64. The van der Waals surface area contributed by atoms with E-state index in [0.29, 0.717) is 41.7 Å². The van der Waals surface area contributed by atoms with Crippen LogP contribution >= 0.6 is 0 Å². The van der Waals surface area contributed by atoms with Gasteiger partial charge in [0.15, 0.2) is 12.4 Å². The number of piperidine rings is 1. The largest absolute Gasteiger partial charge is 0.451 e. The Morgan fingerprint density at radius 1 is 1.17 bits per heavy atom. The number of aryl methyl sites for hydroxylation is 1. The molecular formula is C18H26N2O4. The first-order chi connectivity index (χ1) is 11.2. The number of ether oxygens (including phenoxy) is 1. The summed E-state index contributed by atoms with van der Waals surface area (Å²) in [6.45, 7) is 10.3. The van der Waals surface area contributed by atoms with E-state index in [1.807, 2.05) is 0 Å². The molecule has 0 spiro atoms. The number of aromatic amines is 1. The number of likely N-dealkylation sites (tertiary alicyclic amines) is 1. The van der Waals surface area contributed by atoms with Crippen LogP contribution in [0.4, 0.5) is 0 Å². The molecule has 0 bridgehead atoms. The Kier molecular flexibility index (Phi) is 5.47. The standard InChI is InChI=1S/C18H26N2O4/c1-10-6-11(2)8-20(7-10)15(22)9-24-18(23)17-12(3)16(14(5)21)13(4)19-17/h10-11,19H,6-9H2,1-5H3/t10-,11-/m1/s1.